The van der Waals surface area contributed by atoms with Crippen molar-refractivity contribution in [2.45, 2.75) is 38.3 Å². The minimum absolute atomic E-state index is 0.00293. The number of hydrogen-bond donors (Lipinski definition) is 1. The number of carbonyl (C=O) groups is 1. The topological polar surface area (TPSA) is 64.0 Å². The lowest BCUT2D eigenvalue weighted by atomic mass is 10.1. The van der Waals surface area contributed by atoms with Crippen molar-refractivity contribution < 1.29 is 4.79 Å². The molecular formula is C20H21N3O2S2. The first kappa shape index (κ1) is 18.3. The molecule has 0 radical (unpaired) electrons. The second kappa shape index (κ2) is 7.13. The zero-order valence-corrected chi connectivity index (χ0v) is 17.2. The molecule has 0 saturated heterocycles. The molecule has 1 aromatic carbocycles. The fourth-order valence-corrected chi connectivity index (χ4v) is 5.51. The van der Waals surface area contributed by atoms with E-state index in [9.17, 15) is 9.59 Å². The Labute approximate surface area is 165 Å². The molecule has 0 atom stereocenters. The third-order valence-corrected chi connectivity index (χ3v) is 7.33. The third kappa shape index (κ3) is 3.30. The first-order valence-electron chi connectivity index (χ1n) is 8.96. The molecule has 3 aromatic rings. The van der Waals surface area contributed by atoms with E-state index in [-0.39, 0.29) is 17.2 Å². The van der Waals surface area contributed by atoms with Gasteiger partial charge in [0.25, 0.3) is 5.56 Å². The molecule has 1 amide bonds. The summed E-state index contributed by atoms with van der Waals surface area (Å²) >= 11 is 2.93. The second-order valence-electron chi connectivity index (χ2n) is 6.88. The van der Waals surface area contributed by atoms with E-state index < -0.39 is 0 Å². The number of nitrogens with zero attached hydrogens (tertiary/aromatic N) is 2. The summed E-state index contributed by atoms with van der Waals surface area (Å²) in [5, 5.41) is 4.32. The van der Waals surface area contributed by atoms with Crippen molar-refractivity contribution in [3.63, 3.8) is 0 Å². The van der Waals surface area contributed by atoms with Crippen LogP contribution >= 0.6 is 23.1 Å². The molecule has 1 aliphatic carbocycles. The standard InChI is InChI=1S/C20H21N3O2S2/c1-11-6-4-8-14(12(11)2)21-16(24)10-26-20-22-18-17(19(25)23(20)3)13-7-5-9-15(13)27-18/h4,6,8H,5,7,9-10H2,1-3H3,(H,21,24). The molecule has 4 rings (SSSR count). The van der Waals surface area contributed by atoms with Crippen molar-refractivity contribution in [3.8, 4) is 0 Å². The van der Waals surface area contributed by atoms with Gasteiger partial charge < -0.3 is 5.32 Å². The zero-order chi connectivity index (χ0) is 19.1. The van der Waals surface area contributed by atoms with Crippen LogP contribution in [0, 0.1) is 13.8 Å². The van der Waals surface area contributed by atoms with Crippen LogP contribution in [0.15, 0.2) is 28.2 Å². The molecule has 1 aliphatic rings. The molecule has 2 aromatic heterocycles. The highest BCUT2D eigenvalue weighted by Gasteiger charge is 2.22. The molecule has 0 unspecified atom stereocenters. The Balaban J connectivity index is 1.54. The van der Waals surface area contributed by atoms with Crippen LogP contribution in [0.5, 0.6) is 0 Å². The molecule has 0 spiro atoms. The quantitative estimate of drug-likeness (QED) is 0.535. The Morgan fingerprint density at radius 2 is 2.15 bits per heavy atom. The minimum atomic E-state index is -0.100. The number of thiophene rings is 1. The van der Waals surface area contributed by atoms with Crippen molar-refractivity contribution in [1.82, 2.24) is 9.55 Å². The predicted molar refractivity (Wildman–Crippen MR) is 112 cm³/mol. The van der Waals surface area contributed by atoms with Crippen LogP contribution in [-0.2, 0) is 24.7 Å². The maximum Gasteiger partial charge on any atom is 0.262 e. The van der Waals surface area contributed by atoms with Crippen LogP contribution in [0.1, 0.15) is 28.0 Å². The summed E-state index contributed by atoms with van der Waals surface area (Å²) in [6, 6.07) is 5.85. The predicted octanol–water partition coefficient (Wildman–Crippen LogP) is 3.83. The van der Waals surface area contributed by atoms with Crippen LogP contribution in [0.3, 0.4) is 0 Å². The van der Waals surface area contributed by atoms with E-state index in [1.807, 2.05) is 32.0 Å². The van der Waals surface area contributed by atoms with Gasteiger partial charge in [-0.1, -0.05) is 23.9 Å². The normalized spacial score (nSPS) is 13.1. The van der Waals surface area contributed by atoms with E-state index in [0.717, 1.165) is 46.3 Å². The number of hydrogen-bond acceptors (Lipinski definition) is 5. The summed E-state index contributed by atoms with van der Waals surface area (Å²) in [5.41, 5.74) is 4.22. The molecule has 140 valence electrons. The highest BCUT2D eigenvalue weighted by Crippen LogP contribution is 2.35. The highest BCUT2D eigenvalue weighted by atomic mass is 32.2. The van der Waals surface area contributed by atoms with Gasteiger partial charge in [-0.05, 0) is 55.9 Å². The van der Waals surface area contributed by atoms with Crippen molar-refractivity contribution in [1.29, 1.82) is 0 Å². The molecular weight excluding hydrogens is 378 g/mol. The fraction of sp³-hybridized carbons (Fsp3) is 0.350. The van der Waals surface area contributed by atoms with Gasteiger partial charge in [-0.15, -0.1) is 11.3 Å². The van der Waals surface area contributed by atoms with Gasteiger partial charge in [0.2, 0.25) is 5.91 Å². The molecule has 0 fully saturated rings. The number of thioether (sulfide) groups is 1. The van der Waals surface area contributed by atoms with Gasteiger partial charge in [-0.3, -0.25) is 14.2 Å². The fourth-order valence-electron chi connectivity index (χ4n) is 3.44. The SMILES string of the molecule is Cc1cccc(NC(=O)CSc2nc3sc4c(c3c(=O)n2C)CCC4)c1C. The van der Waals surface area contributed by atoms with E-state index in [0.29, 0.717) is 5.16 Å². The van der Waals surface area contributed by atoms with Gasteiger partial charge in [-0.2, -0.15) is 0 Å². The van der Waals surface area contributed by atoms with E-state index in [1.54, 1.807) is 23.0 Å². The summed E-state index contributed by atoms with van der Waals surface area (Å²) in [4.78, 5) is 32.0. The molecule has 0 aliphatic heterocycles. The van der Waals surface area contributed by atoms with E-state index in [1.165, 1.54) is 22.2 Å². The second-order valence-corrected chi connectivity index (χ2v) is 8.91. The molecule has 5 nitrogen and oxygen atoms in total. The first-order valence-corrected chi connectivity index (χ1v) is 10.8. The third-order valence-electron chi connectivity index (χ3n) is 5.12. The Kier molecular flexibility index (Phi) is 4.82. The number of amides is 1. The van der Waals surface area contributed by atoms with Gasteiger partial charge in [0.05, 0.1) is 11.1 Å². The van der Waals surface area contributed by atoms with Gasteiger partial charge in [0.15, 0.2) is 5.16 Å². The molecule has 7 heteroatoms. The number of anilines is 1. The minimum Gasteiger partial charge on any atom is -0.325 e. The van der Waals surface area contributed by atoms with Crippen LogP contribution in [0.25, 0.3) is 10.2 Å². The average Bonchev–Trinajstić information content (AvgIpc) is 3.21. The van der Waals surface area contributed by atoms with Crippen LogP contribution < -0.4 is 10.9 Å². The Hall–Kier alpha value is -2.12. The van der Waals surface area contributed by atoms with Crippen molar-refractivity contribution in [3.05, 3.63) is 50.1 Å². The number of aryl methyl sites for hydroxylation is 3. The van der Waals surface area contributed by atoms with E-state index >= 15 is 0 Å². The number of aromatic nitrogens is 2. The summed E-state index contributed by atoms with van der Waals surface area (Å²) in [5.74, 6) is 0.112. The summed E-state index contributed by atoms with van der Waals surface area (Å²) < 4.78 is 1.57. The average molecular weight is 400 g/mol. The zero-order valence-electron chi connectivity index (χ0n) is 15.6. The number of rotatable bonds is 4. The molecule has 27 heavy (non-hydrogen) atoms. The van der Waals surface area contributed by atoms with Crippen LogP contribution in [-0.4, -0.2) is 21.2 Å². The van der Waals surface area contributed by atoms with Gasteiger partial charge in [0.1, 0.15) is 4.83 Å². The van der Waals surface area contributed by atoms with Gasteiger partial charge in [-0.25, -0.2) is 4.98 Å². The molecule has 1 N–H and O–H groups in total. The number of carbonyl (C=O) groups excluding carboxylic acids is 1. The Bertz CT molecular complexity index is 1110. The maximum atomic E-state index is 12.8. The van der Waals surface area contributed by atoms with Gasteiger partial charge in [0, 0.05) is 17.6 Å². The van der Waals surface area contributed by atoms with Crippen molar-refractivity contribution in [2.24, 2.45) is 7.05 Å². The first-order chi connectivity index (χ1) is 13.0. The molecule has 2 heterocycles. The summed E-state index contributed by atoms with van der Waals surface area (Å²) in [6.07, 6.45) is 3.13. The summed E-state index contributed by atoms with van der Waals surface area (Å²) in [7, 11) is 1.73. The molecule has 0 bridgehead atoms. The van der Waals surface area contributed by atoms with Crippen LogP contribution in [0.4, 0.5) is 5.69 Å². The summed E-state index contributed by atoms with van der Waals surface area (Å²) in [6.45, 7) is 4.01. The highest BCUT2D eigenvalue weighted by molar-refractivity contribution is 7.99. The van der Waals surface area contributed by atoms with Crippen molar-refractivity contribution in [2.75, 3.05) is 11.1 Å². The number of benzene rings is 1. The van der Waals surface area contributed by atoms with Gasteiger partial charge >= 0.3 is 0 Å². The van der Waals surface area contributed by atoms with E-state index in [2.05, 4.69) is 10.3 Å². The molecule has 0 saturated carbocycles. The lowest BCUT2D eigenvalue weighted by molar-refractivity contribution is -0.113. The largest absolute Gasteiger partial charge is 0.325 e. The number of fused-ring (bicyclic) bond motifs is 3. The Morgan fingerprint density at radius 1 is 1.33 bits per heavy atom. The van der Waals surface area contributed by atoms with Crippen LogP contribution in [0.2, 0.25) is 0 Å². The lowest BCUT2D eigenvalue weighted by Gasteiger charge is -2.11. The van der Waals surface area contributed by atoms with Crippen molar-refractivity contribution >= 4 is 44.9 Å². The maximum absolute atomic E-state index is 12.8. The lowest BCUT2D eigenvalue weighted by Crippen LogP contribution is -2.21. The Morgan fingerprint density at radius 3 is 2.96 bits per heavy atom. The smallest absolute Gasteiger partial charge is 0.262 e. The monoisotopic (exact) mass is 399 g/mol. The number of nitrogens with one attached hydrogen (secondary N) is 1. The van der Waals surface area contributed by atoms with E-state index in [4.69, 9.17) is 0 Å².